The Kier molecular flexibility index (Phi) is 3.73. The number of thioether (sulfide) groups is 3. The van der Waals surface area contributed by atoms with Gasteiger partial charge < -0.3 is 0 Å². The molecule has 2 heterocycles. The van der Waals surface area contributed by atoms with E-state index < -0.39 is 0 Å². The summed E-state index contributed by atoms with van der Waals surface area (Å²) in [6, 6.07) is 0. The number of carbonyl (C=O) groups is 1. The molecular formula is C8H6O2S3Se. The second kappa shape index (κ2) is 4.86. The summed E-state index contributed by atoms with van der Waals surface area (Å²) in [5.41, 5.74) is 0. The van der Waals surface area contributed by atoms with Crippen LogP contribution in [0.1, 0.15) is 0 Å². The standard InChI is InChI=1S/C8H6O2S3Se/c1-10-6(9)5-4-13-8(14-5)7-11-2-3-12-7/h2-4H,1H3. The van der Waals surface area contributed by atoms with Gasteiger partial charge in [-0.1, -0.05) is 0 Å². The Balaban J connectivity index is 2.05. The average molecular weight is 309 g/mol. The summed E-state index contributed by atoms with van der Waals surface area (Å²) in [4.78, 5) is 11.2. The Morgan fingerprint density at radius 3 is 2.71 bits per heavy atom. The van der Waals surface area contributed by atoms with Gasteiger partial charge in [-0.2, -0.15) is 0 Å². The number of ether oxygens (including phenoxy) is 1. The Bertz CT molecular complexity index is 350. The summed E-state index contributed by atoms with van der Waals surface area (Å²) in [6.45, 7) is 0. The fourth-order valence-electron chi connectivity index (χ4n) is 0.838. The van der Waals surface area contributed by atoms with E-state index in [0.29, 0.717) is 0 Å². The molecule has 0 saturated heterocycles. The third-order valence-corrected chi connectivity index (χ3v) is 8.43. The van der Waals surface area contributed by atoms with Crippen LogP contribution in [0.15, 0.2) is 28.7 Å². The third-order valence-electron chi connectivity index (χ3n) is 1.43. The van der Waals surface area contributed by atoms with E-state index in [1.807, 2.05) is 5.41 Å². The van der Waals surface area contributed by atoms with Crippen LogP contribution in [-0.4, -0.2) is 28.0 Å². The van der Waals surface area contributed by atoms with Gasteiger partial charge in [0.15, 0.2) is 0 Å². The van der Waals surface area contributed by atoms with Crippen LogP contribution in [0.4, 0.5) is 0 Å². The Hall–Kier alpha value is 0.259. The SMILES string of the molecule is COC(=O)C1=CSC(=C2SC=CS2)[Se]1. The summed E-state index contributed by atoms with van der Waals surface area (Å²) >= 11 is 5.26. The van der Waals surface area contributed by atoms with E-state index in [1.165, 1.54) is 15.2 Å². The van der Waals surface area contributed by atoms with Gasteiger partial charge in [-0.25, -0.2) is 0 Å². The Morgan fingerprint density at radius 1 is 1.36 bits per heavy atom. The van der Waals surface area contributed by atoms with E-state index in [-0.39, 0.29) is 20.9 Å². The van der Waals surface area contributed by atoms with Crippen LogP contribution in [0.25, 0.3) is 0 Å². The van der Waals surface area contributed by atoms with Gasteiger partial charge in [0.2, 0.25) is 0 Å². The van der Waals surface area contributed by atoms with Gasteiger partial charge in [0, 0.05) is 0 Å². The van der Waals surface area contributed by atoms with Gasteiger partial charge in [-0.15, -0.1) is 0 Å². The molecule has 0 atom stereocenters. The Morgan fingerprint density at radius 2 is 2.07 bits per heavy atom. The van der Waals surface area contributed by atoms with Gasteiger partial charge in [0.05, 0.1) is 0 Å². The fraction of sp³-hybridized carbons (Fsp3) is 0.125. The van der Waals surface area contributed by atoms with Crippen molar-refractivity contribution in [1.29, 1.82) is 0 Å². The summed E-state index contributed by atoms with van der Waals surface area (Å²) in [7, 11) is 1.43. The van der Waals surface area contributed by atoms with Gasteiger partial charge in [0.25, 0.3) is 0 Å². The van der Waals surface area contributed by atoms with Crippen molar-refractivity contribution in [3.8, 4) is 0 Å². The van der Waals surface area contributed by atoms with E-state index >= 15 is 0 Å². The van der Waals surface area contributed by atoms with E-state index in [9.17, 15) is 4.79 Å². The molecule has 0 amide bonds. The van der Waals surface area contributed by atoms with Crippen LogP contribution >= 0.6 is 35.3 Å². The molecule has 0 aromatic rings. The van der Waals surface area contributed by atoms with Crippen molar-refractivity contribution in [2.75, 3.05) is 7.11 Å². The molecule has 0 unspecified atom stereocenters. The third kappa shape index (κ3) is 2.25. The first-order chi connectivity index (χ1) is 6.81. The molecule has 0 N–H and O–H groups in total. The minimum atomic E-state index is -0.186. The first-order valence-electron chi connectivity index (χ1n) is 3.67. The molecule has 0 saturated carbocycles. The normalized spacial score (nSPS) is 20.2. The van der Waals surface area contributed by atoms with Gasteiger partial charge in [-0.05, 0) is 0 Å². The van der Waals surface area contributed by atoms with E-state index in [4.69, 9.17) is 0 Å². The minimum absolute atomic E-state index is 0.138. The molecule has 0 aromatic heterocycles. The van der Waals surface area contributed by atoms with Crippen molar-refractivity contribution >= 4 is 56.2 Å². The monoisotopic (exact) mass is 310 g/mol. The topological polar surface area (TPSA) is 26.3 Å². The van der Waals surface area contributed by atoms with Crippen LogP contribution in [0.3, 0.4) is 0 Å². The van der Waals surface area contributed by atoms with Gasteiger partial charge >= 0.3 is 102 Å². The molecule has 0 aromatic carbocycles. The number of carbonyl (C=O) groups excluding carboxylic acids is 1. The number of hydrogen-bond donors (Lipinski definition) is 0. The molecule has 0 radical (unpaired) electrons. The predicted molar refractivity (Wildman–Crippen MR) is 64.8 cm³/mol. The molecular weight excluding hydrogens is 303 g/mol. The predicted octanol–water partition coefficient (Wildman–Crippen LogP) is 2.53. The van der Waals surface area contributed by atoms with Gasteiger partial charge in [0.1, 0.15) is 0 Å². The average Bonchev–Trinajstić information content (AvgIpc) is 2.86. The van der Waals surface area contributed by atoms with Crippen LogP contribution in [0.5, 0.6) is 0 Å². The molecule has 74 valence electrons. The molecule has 0 aliphatic carbocycles. The zero-order chi connectivity index (χ0) is 9.97. The molecule has 2 aliphatic heterocycles. The first kappa shape index (κ1) is 10.8. The molecule has 2 aliphatic rings. The quantitative estimate of drug-likeness (QED) is 0.548. The summed E-state index contributed by atoms with van der Waals surface area (Å²) < 4.78 is 8.14. The van der Waals surface area contributed by atoms with Gasteiger partial charge in [-0.3, -0.25) is 0 Å². The zero-order valence-corrected chi connectivity index (χ0v) is 11.3. The van der Waals surface area contributed by atoms with Crippen molar-refractivity contribution in [2.24, 2.45) is 0 Å². The van der Waals surface area contributed by atoms with Crippen LogP contribution in [-0.2, 0) is 9.53 Å². The summed E-state index contributed by atoms with van der Waals surface area (Å²) in [6.07, 6.45) is 0. The fourth-order valence-corrected chi connectivity index (χ4v) is 7.02. The van der Waals surface area contributed by atoms with Crippen LogP contribution in [0.2, 0.25) is 0 Å². The molecule has 0 spiro atoms. The van der Waals surface area contributed by atoms with Crippen molar-refractivity contribution in [1.82, 2.24) is 0 Å². The number of rotatable bonds is 1. The molecule has 0 fully saturated rings. The number of hydrogen-bond acceptors (Lipinski definition) is 5. The molecule has 2 rings (SSSR count). The first-order valence-corrected chi connectivity index (χ1v) is 8.02. The molecule has 14 heavy (non-hydrogen) atoms. The van der Waals surface area contributed by atoms with E-state index in [1.54, 1.807) is 35.3 Å². The van der Waals surface area contributed by atoms with Crippen LogP contribution in [0, 0.1) is 0 Å². The van der Waals surface area contributed by atoms with Crippen molar-refractivity contribution in [3.05, 3.63) is 28.7 Å². The maximum atomic E-state index is 11.2. The van der Waals surface area contributed by atoms with Crippen LogP contribution < -0.4 is 0 Å². The molecule has 0 bridgehead atoms. The second-order valence-corrected chi connectivity index (χ2v) is 8.04. The zero-order valence-electron chi connectivity index (χ0n) is 7.18. The van der Waals surface area contributed by atoms with Crippen molar-refractivity contribution in [2.45, 2.75) is 0 Å². The van der Waals surface area contributed by atoms with E-state index in [2.05, 4.69) is 15.6 Å². The Labute approximate surface area is 101 Å². The second-order valence-electron chi connectivity index (χ2n) is 2.28. The number of methoxy groups -OCH3 is 1. The summed E-state index contributed by atoms with van der Waals surface area (Å²) in [5.74, 6) is -0.186. The van der Waals surface area contributed by atoms with E-state index in [0.717, 1.165) is 4.47 Å². The van der Waals surface area contributed by atoms with Crippen molar-refractivity contribution < 1.29 is 9.53 Å². The maximum absolute atomic E-state index is 11.2. The number of esters is 1. The van der Waals surface area contributed by atoms with Crippen molar-refractivity contribution in [3.63, 3.8) is 0 Å². The molecule has 6 heteroatoms. The molecule has 2 nitrogen and oxygen atoms in total. The summed E-state index contributed by atoms with van der Waals surface area (Å²) in [5, 5.41) is 6.05.